The van der Waals surface area contributed by atoms with Gasteiger partial charge in [0.2, 0.25) is 0 Å². The molecule has 1 aliphatic rings. The van der Waals surface area contributed by atoms with Crippen molar-refractivity contribution in [3.05, 3.63) is 76.3 Å². The molecule has 4 rings (SSSR count). The summed E-state index contributed by atoms with van der Waals surface area (Å²) in [5.41, 5.74) is 4.86. The van der Waals surface area contributed by atoms with E-state index in [1.54, 1.807) is 18.2 Å². The summed E-state index contributed by atoms with van der Waals surface area (Å²) in [5, 5.41) is 15.3. The molecule has 7 heteroatoms. The van der Waals surface area contributed by atoms with Crippen LogP contribution < -0.4 is 5.32 Å². The summed E-state index contributed by atoms with van der Waals surface area (Å²) in [7, 11) is 0. The van der Waals surface area contributed by atoms with E-state index in [2.05, 4.69) is 39.7 Å². The fourth-order valence-electron chi connectivity index (χ4n) is 4.36. The zero-order valence-corrected chi connectivity index (χ0v) is 18.8. The minimum Gasteiger partial charge on any atom is -0.506 e. The van der Waals surface area contributed by atoms with Crippen LogP contribution in [-0.4, -0.2) is 31.2 Å². The molecule has 3 aromatic rings. The number of nitrogens with zero attached hydrogens (tertiary/aromatic N) is 3. The lowest BCUT2D eigenvalue weighted by Crippen LogP contribution is -2.30. The zero-order chi connectivity index (χ0) is 21.4. The molecular formula is C23H25ClN4OS. The Morgan fingerprint density at radius 3 is 2.70 bits per heavy atom. The van der Waals surface area contributed by atoms with Crippen LogP contribution in [0.25, 0.3) is 5.69 Å². The zero-order valence-electron chi connectivity index (χ0n) is 17.3. The van der Waals surface area contributed by atoms with Crippen molar-refractivity contribution in [1.82, 2.24) is 19.8 Å². The van der Waals surface area contributed by atoms with Crippen LogP contribution in [0.2, 0.25) is 5.02 Å². The summed E-state index contributed by atoms with van der Waals surface area (Å²) in [4.78, 5) is 6.84. The van der Waals surface area contributed by atoms with Gasteiger partial charge in [-0.2, -0.15) is 0 Å². The van der Waals surface area contributed by atoms with Gasteiger partial charge < -0.3 is 19.9 Å². The molecule has 156 valence electrons. The number of halogens is 1. The van der Waals surface area contributed by atoms with E-state index >= 15 is 0 Å². The number of hydrogen-bond donors (Lipinski definition) is 2. The molecule has 0 radical (unpaired) electrons. The minimum absolute atomic E-state index is 0.00799. The summed E-state index contributed by atoms with van der Waals surface area (Å²) < 4.78 is 2.05. The van der Waals surface area contributed by atoms with E-state index in [1.165, 1.54) is 0 Å². The minimum atomic E-state index is -0.0489. The van der Waals surface area contributed by atoms with E-state index in [4.69, 9.17) is 23.8 Å². The second-order valence-electron chi connectivity index (χ2n) is 7.61. The summed E-state index contributed by atoms with van der Waals surface area (Å²) >= 11 is 11.9. The molecule has 0 unspecified atom stereocenters. The van der Waals surface area contributed by atoms with Crippen molar-refractivity contribution in [3.63, 3.8) is 0 Å². The maximum Gasteiger partial charge on any atom is 0.170 e. The average Bonchev–Trinajstić information content (AvgIpc) is 3.21. The summed E-state index contributed by atoms with van der Waals surface area (Å²) in [6, 6.07) is 13.2. The first-order valence-electron chi connectivity index (χ1n) is 10.1. The van der Waals surface area contributed by atoms with E-state index < -0.39 is 0 Å². The Morgan fingerprint density at radius 1 is 1.20 bits per heavy atom. The van der Waals surface area contributed by atoms with Gasteiger partial charge in [0, 0.05) is 29.2 Å². The topological polar surface area (TPSA) is 53.3 Å². The van der Waals surface area contributed by atoms with Crippen LogP contribution in [-0.2, 0) is 0 Å². The third kappa shape index (κ3) is 3.55. The van der Waals surface area contributed by atoms with Crippen LogP contribution in [0.1, 0.15) is 48.1 Å². The van der Waals surface area contributed by atoms with Gasteiger partial charge >= 0.3 is 0 Å². The molecule has 0 saturated carbocycles. The molecule has 3 heterocycles. The second kappa shape index (κ2) is 8.28. The molecule has 5 nitrogen and oxygen atoms in total. The van der Waals surface area contributed by atoms with E-state index in [1.807, 2.05) is 31.3 Å². The monoisotopic (exact) mass is 440 g/mol. The van der Waals surface area contributed by atoms with Gasteiger partial charge in [-0.25, -0.2) is 0 Å². The Labute approximate surface area is 187 Å². The first-order valence-corrected chi connectivity index (χ1v) is 10.9. The van der Waals surface area contributed by atoms with Gasteiger partial charge in [-0.05, 0) is 74.4 Å². The summed E-state index contributed by atoms with van der Waals surface area (Å²) in [6.45, 7) is 7.12. The first-order chi connectivity index (χ1) is 14.4. The van der Waals surface area contributed by atoms with E-state index in [9.17, 15) is 5.11 Å². The van der Waals surface area contributed by atoms with Crippen LogP contribution in [0.5, 0.6) is 5.75 Å². The lowest BCUT2D eigenvalue weighted by molar-refractivity contribution is 0.316. The molecule has 1 fully saturated rings. The maximum atomic E-state index is 10.5. The molecular weight excluding hydrogens is 416 g/mol. The van der Waals surface area contributed by atoms with Gasteiger partial charge in [-0.15, -0.1) is 0 Å². The number of hydrogen-bond acceptors (Lipinski definition) is 3. The molecule has 2 atom stereocenters. The number of phenolic OH excluding ortho intramolecular Hbond substituents is 1. The Kier molecular flexibility index (Phi) is 5.71. The normalized spacial score (nSPS) is 18.7. The van der Waals surface area contributed by atoms with Crippen LogP contribution in [0.3, 0.4) is 0 Å². The smallest absolute Gasteiger partial charge is 0.170 e. The fraction of sp³-hybridized carbons (Fsp3) is 0.304. The predicted molar refractivity (Wildman–Crippen MR) is 124 cm³/mol. The Balaban J connectivity index is 1.86. The number of nitrogens with one attached hydrogen (secondary N) is 1. The number of aromatic hydroxyl groups is 1. The number of benzene rings is 1. The highest BCUT2D eigenvalue weighted by atomic mass is 35.5. The molecule has 2 N–H and O–H groups in total. The van der Waals surface area contributed by atoms with Gasteiger partial charge in [0.1, 0.15) is 5.75 Å². The van der Waals surface area contributed by atoms with Crippen LogP contribution >= 0.6 is 23.8 Å². The Bertz CT molecular complexity index is 1080. The van der Waals surface area contributed by atoms with E-state index in [0.717, 1.165) is 40.7 Å². The van der Waals surface area contributed by atoms with Crippen molar-refractivity contribution in [3.8, 4) is 11.4 Å². The number of pyridine rings is 1. The molecule has 1 aromatic carbocycles. The van der Waals surface area contributed by atoms with E-state index in [-0.39, 0.29) is 17.8 Å². The highest BCUT2D eigenvalue weighted by molar-refractivity contribution is 7.80. The van der Waals surface area contributed by atoms with Crippen LogP contribution in [0, 0.1) is 13.8 Å². The van der Waals surface area contributed by atoms with Gasteiger partial charge in [0.15, 0.2) is 5.11 Å². The standard InChI is InChI=1S/C23H25ClN4OS/c1-4-11-27-22(21(26-23(27)30)18-7-5-6-10-25-18)17-12-14(2)28(15(17)3)19-13-16(24)8-9-20(19)29/h5-10,12-13,21-22,29H,4,11H2,1-3H3,(H,26,30)/t21-,22-/m0/s1. The summed E-state index contributed by atoms with van der Waals surface area (Å²) in [5.74, 6) is 0.194. The van der Waals surface area contributed by atoms with Gasteiger partial charge in [-0.3, -0.25) is 4.98 Å². The summed E-state index contributed by atoms with van der Waals surface area (Å²) in [6.07, 6.45) is 2.80. The van der Waals surface area contributed by atoms with Gasteiger partial charge in [-0.1, -0.05) is 24.6 Å². The highest BCUT2D eigenvalue weighted by Crippen LogP contribution is 2.42. The van der Waals surface area contributed by atoms with E-state index in [0.29, 0.717) is 10.7 Å². The second-order valence-corrected chi connectivity index (χ2v) is 8.44. The maximum absolute atomic E-state index is 10.5. The Morgan fingerprint density at radius 2 is 2.00 bits per heavy atom. The number of phenols is 1. The van der Waals surface area contributed by atoms with Crippen molar-refractivity contribution in [2.75, 3.05) is 6.54 Å². The predicted octanol–water partition coefficient (Wildman–Crippen LogP) is 5.23. The molecule has 30 heavy (non-hydrogen) atoms. The highest BCUT2D eigenvalue weighted by Gasteiger charge is 2.41. The van der Waals surface area contributed by atoms with Crippen LogP contribution in [0.15, 0.2) is 48.7 Å². The SMILES string of the molecule is CCCN1C(=S)N[C@@H](c2ccccn2)[C@@H]1c1cc(C)n(-c2cc(Cl)ccc2O)c1C. The molecule has 1 aliphatic heterocycles. The number of thiocarbonyl (C=S) groups is 1. The first kappa shape index (κ1) is 20.7. The molecule has 1 saturated heterocycles. The van der Waals surface area contributed by atoms with Crippen molar-refractivity contribution < 1.29 is 5.11 Å². The molecule has 0 spiro atoms. The number of aryl methyl sites for hydroxylation is 1. The lowest BCUT2D eigenvalue weighted by Gasteiger charge is -2.27. The average molecular weight is 441 g/mol. The third-order valence-corrected chi connectivity index (χ3v) is 6.22. The third-order valence-electron chi connectivity index (χ3n) is 5.63. The van der Waals surface area contributed by atoms with Crippen molar-refractivity contribution >= 4 is 28.9 Å². The molecule has 0 aliphatic carbocycles. The van der Waals surface area contributed by atoms with Crippen molar-refractivity contribution in [1.29, 1.82) is 0 Å². The number of rotatable bonds is 5. The molecule has 0 amide bonds. The quantitative estimate of drug-likeness (QED) is 0.532. The largest absolute Gasteiger partial charge is 0.506 e. The molecule has 2 aromatic heterocycles. The fourth-order valence-corrected chi connectivity index (χ4v) is 4.86. The van der Waals surface area contributed by atoms with Gasteiger partial charge in [0.25, 0.3) is 0 Å². The Hall–Kier alpha value is -2.57. The number of aromatic nitrogens is 2. The van der Waals surface area contributed by atoms with Crippen LogP contribution in [0.4, 0.5) is 0 Å². The van der Waals surface area contributed by atoms with Crippen molar-refractivity contribution in [2.45, 2.75) is 39.3 Å². The lowest BCUT2D eigenvalue weighted by atomic mass is 9.96. The van der Waals surface area contributed by atoms with Gasteiger partial charge in [0.05, 0.1) is 23.5 Å². The molecule has 0 bridgehead atoms. The van der Waals surface area contributed by atoms with Crippen molar-refractivity contribution in [2.24, 2.45) is 0 Å².